The maximum absolute atomic E-state index is 2.48. The highest BCUT2D eigenvalue weighted by Gasteiger charge is 2.38. The summed E-state index contributed by atoms with van der Waals surface area (Å²) in [5.41, 5.74) is 22.1. The van der Waals surface area contributed by atoms with Crippen LogP contribution in [0.4, 0.5) is 17.1 Å². The standard InChI is InChI=1S/C55H45N/c1-53(2)47-20-12-9-17-44(47)52-39(29-24-35-14-13-21-48(53)51(35)52)34-22-25-36(26-23-34)56(37-27-30-42-40-15-7-10-18-45(40)54(3,4)49(42)32-37)38-28-31-43-41-16-8-11-19-46(41)55(5,6)50(43)33-38/h7-33H,1-6H3. The average molecular weight is 720 g/mol. The Morgan fingerprint density at radius 1 is 0.321 bits per heavy atom. The Labute approximate surface area is 330 Å². The molecule has 0 amide bonds. The Morgan fingerprint density at radius 2 is 0.750 bits per heavy atom. The van der Waals surface area contributed by atoms with E-state index in [0.29, 0.717) is 0 Å². The summed E-state index contributed by atoms with van der Waals surface area (Å²) in [5.74, 6) is 0. The first-order chi connectivity index (χ1) is 27.0. The minimum Gasteiger partial charge on any atom is -0.310 e. The first-order valence-corrected chi connectivity index (χ1v) is 20.1. The third kappa shape index (κ3) is 4.43. The number of nitrogens with zero attached hydrogens (tertiary/aromatic N) is 1. The smallest absolute Gasteiger partial charge is 0.0465 e. The van der Waals surface area contributed by atoms with Crippen molar-refractivity contribution in [1.82, 2.24) is 0 Å². The van der Waals surface area contributed by atoms with Crippen molar-refractivity contribution in [2.45, 2.75) is 57.8 Å². The van der Waals surface area contributed by atoms with Crippen LogP contribution in [0.2, 0.25) is 0 Å². The van der Waals surface area contributed by atoms with Gasteiger partial charge in [-0.2, -0.15) is 0 Å². The molecule has 0 saturated heterocycles. The number of rotatable bonds is 4. The van der Waals surface area contributed by atoms with Gasteiger partial charge in [0.25, 0.3) is 0 Å². The van der Waals surface area contributed by atoms with E-state index in [1.165, 1.54) is 100 Å². The maximum Gasteiger partial charge on any atom is 0.0465 e. The van der Waals surface area contributed by atoms with Crippen LogP contribution in [-0.4, -0.2) is 0 Å². The summed E-state index contributed by atoms with van der Waals surface area (Å²) >= 11 is 0. The van der Waals surface area contributed by atoms with E-state index >= 15 is 0 Å². The molecule has 0 heterocycles. The lowest BCUT2D eigenvalue weighted by atomic mass is 9.67. The van der Waals surface area contributed by atoms with Gasteiger partial charge >= 0.3 is 0 Å². The molecule has 8 aromatic rings. The molecule has 56 heavy (non-hydrogen) atoms. The summed E-state index contributed by atoms with van der Waals surface area (Å²) in [6.45, 7) is 14.2. The lowest BCUT2D eigenvalue weighted by Crippen LogP contribution is -2.23. The Kier molecular flexibility index (Phi) is 6.77. The Balaban J connectivity index is 1.09. The summed E-state index contributed by atoms with van der Waals surface area (Å²) in [7, 11) is 0. The highest BCUT2D eigenvalue weighted by molar-refractivity contribution is 6.09. The van der Waals surface area contributed by atoms with Gasteiger partial charge in [-0.15, -0.1) is 0 Å². The van der Waals surface area contributed by atoms with Crippen LogP contribution in [-0.2, 0) is 16.2 Å². The number of hydrogen-bond donors (Lipinski definition) is 0. The topological polar surface area (TPSA) is 3.24 Å². The minimum absolute atomic E-state index is 0.0797. The molecular weight excluding hydrogens is 675 g/mol. The molecule has 0 fully saturated rings. The van der Waals surface area contributed by atoms with E-state index in [9.17, 15) is 0 Å². The van der Waals surface area contributed by atoms with Crippen LogP contribution in [0.3, 0.4) is 0 Å². The van der Waals surface area contributed by atoms with Crippen LogP contribution < -0.4 is 4.90 Å². The molecule has 0 bridgehead atoms. The van der Waals surface area contributed by atoms with Crippen molar-refractivity contribution < 1.29 is 0 Å². The minimum atomic E-state index is -0.0970. The van der Waals surface area contributed by atoms with Crippen molar-refractivity contribution >= 4 is 27.8 Å². The fourth-order valence-corrected chi connectivity index (χ4v) is 10.7. The second kappa shape index (κ2) is 11.4. The Morgan fingerprint density at radius 3 is 1.32 bits per heavy atom. The van der Waals surface area contributed by atoms with Crippen molar-refractivity contribution in [3.63, 3.8) is 0 Å². The molecule has 1 heteroatoms. The van der Waals surface area contributed by atoms with Gasteiger partial charge in [-0.05, 0) is 125 Å². The first-order valence-electron chi connectivity index (χ1n) is 20.1. The molecule has 0 unspecified atom stereocenters. The average Bonchev–Trinajstić information content (AvgIpc) is 3.59. The van der Waals surface area contributed by atoms with Gasteiger partial charge in [0, 0.05) is 33.3 Å². The van der Waals surface area contributed by atoms with Gasteiger partial charge in [-0.3, -0.25) is 0 Å². The summed E-state index contributed by atoms with van der Waals surface area (Å²) in [4.78, 5) is 2.48. The van der Waals surface area contributed by atoms with Gasteiger partial charge in [0.2, 0.25) is 0 Å². The Hall–Kier alpha value is -6.18. The van der Waals surface area contributed by atoms with E-state index < -0.39 is 0 Å². The van der Waals surface area contributed by atoms with Crippen LogP contribution in [0.5, 0.6) is 0 Å². The molecule has 0 spiro atoms. The van der Waals surface area contributed by atoms with E-state index in [-0.39, 0.29) is 16.2 Å². The zero-order valence-electron chi connectivity index (χ0n) is 33.0. The zero-order chi connectivity index (χ0) is 38.1. The SMILES string of the molecule is CC1(C)c2ccccc2-c2ccc(N(c3ccc(-c4ccc5cccc6c5c4-c4ccccc4C6(C)C)cc3)c3ccc4c(c3)C(C)(C)c3ccccc3-4)cc21. The van der Waals surface area contributed by atoms with Crippen LogP contribution in [0.1, 0.15) is 74.9 Å². The number of hydrogen-bond acceptors (Lipinski definition) is 1. The monoisotopic (exact) mass is 719 g/mol. The van der Waals surface area contributed by atoms with E-state index in [4.69, 9.17) is 0 Å². The fourth-order valence-electron chi connectivity index (χ4n) is 10.7. The molecule has 8 aromatic carbocycles. The summed E-state index contributed by atoms with van der Waals surface area (Å²) in [6, 6.07) is 61.9. The zero-order valence-corrected chi connectivity index (χ0v) is 33.0. The second-order valence-electron chi connectivity index (χ2n) is 17.7. The second-order valence-corrected chi connectivity index (χ2v) is 17.7. The van der Waals surface area contributed by atoms with Crippen molar-refractivity contribution in [2.75, 3.05) is 4.90 Å². The molecule has 1 nitrogen and oxygen atoms in total. The van der Waals surface area contributed by atoms with Crippen LogP contribution >= 0.6 is 0 Å². The van der Waals surface area contributed by atoms with E-state index in [2.05, 4.69) is 210 Å². The maximum atomic E-state index is 2.48. The molecule has 3 aliphatic carbocycles. The summed E-state index contributed by atoms with van der Waals surface area (Å²) in [5, 5.41) is 2.68. The van der Waals surface area contributed by atoms with Crippen molar-refractivity contribution in [2.24, 2.45) is 0 Å². The van der Waals surface area contributed by atoms with Gasteiger partial charge in [0.1, 0.15) is 0 Å². The van der Waals surface area contributed by atoms with Crippen LogP contribution in [0, 0.1) is 0 Å². The molecule has 0 aromatic heterocycles. The van der Waals surface area contributed by atoms with E-state index in [0.717, 1.165) is 5.69 Å². The van der Waals surface area contributed by atoms with Crippen LogP contribution in [0.25, 0.3) is 55.3 Å². The fraction of sp³-hybridized carbons (Fsp3) is 0.164. The number of anilines is 3. The summed E-state index contributed by atoms with van der Waals surface area (Å²) < 4.78 is 0. The van der Waals surface area contributed by atoms with Gasteiger partial charge in [-0.25, -0.2) is 0 Å². The molecule has 0 radical (unpaired) electrons. The lowest BCUT2D eigenvalue weighted by Gasteiger charge is -2.36. The van der Waals surface area contributed by atoms with E-state index in [1.54, 1.807) is 0 Å². The molecule has 0 aliphatic heterocycles. The van der Waals surface area contributed by atoms with Gasteiger partial charge < -0.3 is 4.90 Å². The highest BCUT2D eigenvalue weighted by Crippen LogP contribution is 2.54. The third-order valence-electron chi connectivity index (χ3n) is 13.7. The number of fused-ring (bicyclic) bond motifs is 8. The summed E-state index contributed by atoms with van der Waals surface area (Å²) in [6.07, 6.45) is 0. The van der Waals surface area contributed by atoms with Crippen molar-refractivity contribution in [1.29, 1.82) is 0 Å². The quantitative estimate of drug-likeness (QED) is 0.175. The predicted octanol–water partition coefficient (Wildman–Crippen LogP) is 14.9. The van der Waals surface area contributed by atoms with Gasteiger partial charge in [0.05, 0.1) is 0 Å². The highest BCUT2D eigenvalue weighted by atomic mass is 15.1. The van der Waals surface area contributed by atoms with Crippen LogP contribution in [0.15, 0.2) is 164 Å². The molecule has 3 aliphatic rings. The van der Waals surface area contributed by atoms with E-state index in [1.807, 2.05) is 0 Å². The third-order valence-corrected chi connectivity index (χ3v) is 13.7. The molecular formula is C55H45N. The Bertz CT molecular complexity index is 2830. The lowest BCUT2D eigenvalue weighted by molar-refractivity contribution is 0.645. The molecule has 0 saturated carbocycles. The van der Waals surface area contributed by atoms with Gasteiger partial charge in [0.15, 0.2) is 0 Å². The van der Waals surface area contributed by atoms with Gasteiger partial charge in [-0.1, -0.05) is 169 Å². The van der Waals surface area contributed by atoms with Crippen molar-refractivity contribution in [3.8, 4) is 44.5 Å². The normalized spacial score (nSPS) is 15.8. The molecule has 0 atom stereocenters. The first kappa shape index (κ1) is 33.2. The predicted molar refractivity (Wildman–Crippen MR) is 237 cm³/mol. The molecule has 270 valence electrons. The largest absolute Gasteiger partial charge is 0.310 e. The number of benzene rings is 8. The molecule has 11 rings (SSSR count). The molecule has 0 N–H and O–H groups in total. The van der Waals surface area contributed by atoms with Crippen molar-refractivity contribution in [3.05, 3.63) is 197 Å².